The first-order chi connectivity index (χ1) is 15.4. The number of rotatable bonds is 6. The molecule has 8 heteroatoms. The minimum absolute atomic E-state index is 0.136. The predicted octanol–water partition coefficient (Wildman–Crippen LogP) is 1.86. The summed E-state index contributed by atoms with van der Waals surface area (Å²) in [6.45, 7) is 6.44. The molecule has 8 nitrogen and oxygen atoms in total. The SMILES string of the molecule is CC(C)OC1CN([C@H]2CCC[C@@H]2Oc2ccc3c(c2)CN(C2CCC(=O)NC2=O)C3=O)C1. The monoisotopic (exact) mass is 441 g/mol. The van der Waals surface area contributed by atoms with Crippen molar-refractivity contribution in [1.29, 1.82) is 0 Å². The highest BCUT2D eigenvalue weighted by Gasteiger charge is 2.42. The lowest BCUT2D eigenvalue weighted by atomic mass is 10.0. The molecule has 0 aromatic heterocycles. The average molecular weight is 442 g/mol. The summed E-state index contributed by atoms with van der Waals surface area (Å²) in [5.74, 6) is -0.0471. The Morgan fingerprint density at radius 1 is 1.09 bits per heavy atom. The number of benzene rings is 1. The summed E-state index contributed by atoms with van der Waals surface area (Å²) in [5, 5.41) is 2.34. The molecule has 0 radical (unpaired) electrons. The molecule has 1 saturated carbocycles. The van der Waals surface area contributed by atoms with E-state index >= 15 is 0 Å². The van der Waals surface area contributed by atoms with Crippen molar-refractivity contribution >= 4 is 17.7 Å². The van der Waals surface area contributed by atoms with Gasteiger partial charge in [0.05, 0.1) is 12.2 Å². The van der Waals surface area contributed by atoms with Gasteiger partial charge in [0.1, 0.15) is 17.9 Å². The van der Waals surface area contributed by atoms with Crippen LogP contribution in [-0.2, 0) is 20.9 Å². The number of likely N-dealkylation sites (tertiary alicyclic amines) is 1. The highest BCUT2D eigenvalue weighted by Crippen LogP contribution is 2.34. The van der Waals surface area contributed by atoms with Crippen LogP contribution in [0.25, 0.3) is 0 Å². The summed E-state index contributed by atoms with van der Waals surface area (Å²) in [4.78, 5) is 40.6. The lowest BCUT2D eigenvalue weighted by molar-refractivity contribution is -0.136. The maximum Gasteiger partial charge on any atom is 0.255 e. The number of piperidine rings is 1. The van der Waals surface area contributed by atoms with E-state index in [0.29, 0.717) is 30.7 Å². The largest absolute Gasteiger partial charge is 0.489 e. The Morgan fingerprint density at radius 3 is 2.66 bits per heavy atom. The number of nitrogens with zero attached hydrogens (tertiary/aromatic N) is 2. The van der Waals surface area contributed by atoms with Crippen molar-refractivity contribution in [3.8, 4) is 5.75 Å². The van der Waals surface area contributed by atoms with Crippen LogP contribution in [0.1, 0.15) is 61.9 Å². The number of imide groups is 1. The van der Waals surface area contributed by atoms with Crippen LogP contribution in [0.15, 0.2) is 18.2 Å². The van der Waals surface area contributed by atoms with Crippen molar-refractivity contribution in [2.24, 2.45) is 0 Å². The van der Waals surface area contributed by atoms with E-state index in [4.69, 9.17) is 9.47 Å². The maximum atomic E-state index is 12.9. The second-order valence-corrected chi connectivity index (χ2v) is 9.63. The zero-order valence-corrected chi connectivity index (χ0v) is 18.7. The Balaban J connectivity index is 1.23. The fourth-order valence-electron chi connectivity index (χ4n) is 5.47. The van der Waals surface area contributed by atoms with Crippen molar-refractivity contribution in [2.45, 2.75) is 82.9 Å². The molecular formula is C24H31N3O5. The highest BCUT2D eigenvalue weighted by atomic mass is 16.5. The first-order valence-corrected chi connectivity index (χ1v) is 11.7. The number of nitrogens with one attached hydrogen (secondary N) is 1. The van der Waals surface area contributed by atoms with Gasteiger partial charge in [-0.15, -0.1) is 0 Å². The molecule has 2 saturated heterocycles. The first-order valence-electron chi connectivity index (χ1n) is 11.7. The molecule has 3 amide bonds. The van der Waals surface area contributed by atoms with E-state index < -0.39 is 6.04 Å². The summed E-state index contributed by atoms with van der Waals surface area (Å²) in [5.41, 5.74) is 1.49. The number of fused-ring (bicyclic) bond motifs is 1. The molecule has 1 aromatic rings. The lowest BCUT2D eigenvalue weighted by Gasteiger charge is -2.45. The van der Waals surface area contributed by atoms with Crippen LogP contribution in [0.4, 0.5) is 0 Å². The molecule has 0 spiro atoms. The van der Waals surface area contributed by atoms with E-state index in [0.717, 1.165) is 43.7 Å². The van der Waals surface area contributed by atoms with Crippen molar-refractivity contribution in [3.63, 3.8) is 0 Å². The highest BCUT2D eigenvalue weighted by molar-refractivity contribution is 6.05. The first kappa shape index (κ1) is 21.4. The zero-order chi connectivity index (χ0) is 22.4. The van der Waals surface area contributed by atoms with Gasteiger partial charge < -0.3 is 14.4 Å². The van der Waals surface area contributed by atoms with Crippen LogP contribution in [0.2, 0.25) is 0 Å². The second-order valence-electron chi connectivity index (χ2n) is 9.63. The number of carbonyl (C=O) groups excluding carboxylic acids is 3. The third kappa shape index (κ3) is 4.01. The molecule has 1 unspecified atom stereocenters. The minimum Gasteiger partial charge on any atom is -0.489 e. The fourth-order valence-corrected chi connectivity index (χ4v) is 5.47. The molecule has 32 heavy (non-hydrogen) atoms. The Labute approximate surface area is 188 Å². The smallest absolute Gasteiger partial charge is 0.255 e. The Kier molecular flexibility index (Phi) is 5.67. The Bertz CT molecular complexity index is 926. The van der Waals surface area contributed by atoms with E-state index in [1.807, 2.05) is 12.1 Å². The average Bonchev–Trinajstić information content (AvgIpc) is 3.28. The van der Waals surface area contributed by atoms with Crippen LogP contribution in [-0.4, -0.2) is 71.0 Å². The molecule has 172 valence electrons. The molecule has 3 atom stereocenters. The Hall–Kier alpha value is -2.45. The molecule has 3 heterocycles. The second kappa shape index (κ2) is 8.48. The maximum absolute atomic E-state index is 12.9. The van der Waals surface area contributed by atoms with E-state index in [2.05, 4.69) is 24.1 Å². The normalized spacial score (nSPS) is 28.8. The summed E-state index contributed by atoms with van der Waals surface area (Å²) in [7, 11) is 0. The number of ether oxygens (including phenoxy) is 2. The molecule has 4 aliphatic rings. The van der Waals surface area contributed by atoms with Crippen molar-refractivity contribution in [1.82, 2.24) is 15.1 Å². The molecule has 5 rings (SSSR count). The third-order valence-electron chi connectivity index (χ3n) is 7.01. The van der Waals surface area contributed by atoms with Crippen LogP contribution in [0.3, 0.4) is 0 Å². The van der Waals surface area contributed by atoms with Crippen molar-refractivity contribution < 1.29 is 23.9 Å². The van der Waals surface area contributed by atoms with Gasteiger partial charge in [-0.3, -0.25) is 24.6 Å². The summed E-state index contributed by atoms with van der Waals surface area (Å²) >= 11 is 0. The zero-order valence-electron chi connectivity index (χ0n) is 18.7. The van der Waals surface area contributed by atoms with Gasteiger partial charge in [0.25, 0.3) is 5.91 Å². The Morgan fingerprint density at radius 2 is 1.91 bits per heavy atom. The molecule has 1 N–H and O–H groups in total. The topological polar surface area (TPSA) is 88.2 Å². The van der Waals surface area contributed by atoms with E-state index in [1.165, 1.54) is 0 Å². The number of amides is 3. The minimum atomic E-state index is -0.594. The van der Waals surface area contributed by atoms with E-state index in [9.17, 15) is 14.4 Å². The summed E-state index contributed by atoms with van der Waals surface area (Å²) in [6, 6.07) is 5.41. The molecule has 3 fully saturated rings. The quantitative estimate of drug-likeness (QED) is 0.678. The van der Waals surface area contributed by atoms with Gasteiger partial charge in [0.2, 0.25) is 11.8 Å². The fraction of sp³-hybridized carbons (Fsp3) is 0.625. The summed E-state index contributed by atoms with van der Waals surface area (Å²) in [6.07, 6.45) is 4.64. The van der Waals surface area contributed by atoms with E-state index in [1.54, 1.807) is 11.0 Å². The molecule has 1 aliphatic carbocycles. The van der Waals surface area contributed by atoms with Crippen LogP contribution in [0.5, 0.6) is 5.75 Å². The van der Waals surface area contributed by atoms with Crippen molar-refractivity contribution in [2.75, 3.05) is 13.1 Å². The van der Waals surface area contributed by atoms with Crippen LogP contribution in [0, 0.1) is 0 Å². The summed E-state index contributed by atoms with van der Waals surface area (Å²) < 4.78 is 12.3. The lowest BCUT2D eigenvalue weighted by Crippen LogP contribution is -2.59. The van der Waals surface area contributed by atoms with Gasteiger partial charge >= 0.3 is 0 Å². The van der Waals surface area contributed by atoms with Gasteiger partial charge in [-0.2, -0.15) is 0 Å². The third-order valence-corrected chi connectivity index (χ3v) is 7.01. The predicted molar refractivity (Wildman–Crippen MR) is 116 cm³/mol. The van der Waals surface area contributed by atoms with Gasteiger partial charge in [-0.05, 0) is 63.3 Å². The molecular weight excluding hydrogens is 410 g/mol. The van der Waals surface area contributed by atoms with Gasteiger partial charge in [-0.1, -0.05) is 0 Å². The number of hydrogen-bond donors (Lipinski definition) is 1. The molecule has 1 aromatic carbocycles. The van der Waals surface area contributed by atoms with Gasteiger partial charge in [0.15, 0.2) is 0 Å². The van der Waals surface area contributed by atoms with Gasteiger partial charge in [0, 0.05) is 37.7 Å². The molecule has 0 bridgehead atoms. The van der Waals surface area contributed by atoms with Crippen molar-refractivity contribution in [3.05, 3.63) is 29.3 Å². The standard InChI is InChI=1S/C24H31N3O5/c1-14(2)31-17-12-26(13-17)19-4-3-5-21(19)32-16-6-7-18-15(10-16)11-27(24(18)30)20-8-9-22(28)25-23(20)29/h6-7,10,14,17,19-21H,3-5,8-9,11-13H2,1-2H3,(H,25,28,29)/t19-,20?,21-/m0/s1. The van der Waals surface area contributed by atoms with Crippen LogP contribution >= 0.6 is 0 Å². The van der Waals surface area contributed by atoms with Gasteiger partial charge in [-0.25, -0.2) is 0 Å². The number of carbonyl (C=O) groups is 3. The van der Waals surface area contributed by atoms with E-state index in [-0.39, 0.29) is 36.4 Å². The number of hydrogen-bond acceptors (Lipinski definition) is 6. The molecule has 3 aliphatic heterocycles. The van der Waals surface area contributed by atoms with Crippen LogP contribution < -0.4 is 10.1 Å².